The molecule has 394 valence electrons. The van der Waals surface area contributed by atoms with Crippen molar-refractivity contribution in [2.24, 2.45) is 0 Å². The number of likely N-dealkylation sites (N-methyl/N-ethyl adjacent to an activating group) is 1. The van der Waals surface area contributed by atoms with Crippen molar-refractivity contribution < 1.29 is 32.9 Å². The third kappa shape index (κ3) is 51.1. The Morgan fingerprint density at radius 1 is 0.500 bits per heavy atom. The minimum atomic E-state index is -4.32. The van der Waals surface area contributed by atoms with E-state index >= 15 is 0 Å². The predicted octanol–water partition coefficient (Wildman–Crippen LogP) is 17.4. The van der Waals surface area contributed by atoms with E-state index in [9.17, 15) is 19.4 Å². The Kier molecular flexibility index (Phi) is 48.7. The number of phosphoric ester groups is 1. The van der Waals surface area contributed by atoms with Crippen LogP contribution in [0.15, 0.2) is 12.2 Å². The average molecular weight is 957 g/mol. The maximum atomic E-state index is 12.9. The Balaban J connectivity index is 3.96. The first-order valence-corrected chi connectivity index (χ1v) is 30.5. The summed E-state index contributed by atoms with van der Waals surface area (Å²) in [5, 5.41) is 14.0. The first-order chi connectivity index (χ1) is 32.0. The van der Waals surface area contributed by atoms with Crippen LogP contribution in [-0.4, -0.2) is 73.4 Å². The Morgan fingerprint density at radius 2 is 0.818 bits per heavy atom. The van der Waals surface area contributed by atoms with E-state index in [4.69, 9.17) is 9.05 Å². The maximum Gasteiger partial charge on any atom is 0.472 e. The van der Waals surface area contributed by atoms with Crippen LogP contribution in [0.1, 0.15) is 296 Å². The van der Waals surface area contributed by atoms with Crippen LogP contribution < -0.4 is 5.32 Å². The number of aliphatic hydroxyl groups is 1. The summed E-state index contributed by atoms with van der Waals surface area (Å²) < 4.78 is 23.7. The molecule has 1 amide bonds. The standard InChI is InChI=1S/C57H115N2O6P/c1-6-8-10-12-14-16-18-20-21-22-23-24-25-26-27-28-29-30-31-32-33-34-35-36-37-38-39-40-42-44-46-48-50-56(60)55(54-65-66(62,63)64-53-52-59(3,4)5)58-57(61)51-49-47-45-43-41-19-17-15-13-11-9-7-2/h15,17,55-56,60H,6-14,16,18-54H2,1-5H3,(H-,58,61,62,63)/p+1/b17-15-. The van der Waals surface area contributed by atoms with Crippen LogP contribution in [0.3, 0.4) is 0 Å². The molecule has 0 aromatic rings. The van der Waals surface area contributed by atoms with Crippen LogP contribution in [0.2, 0.25) is 0 Å². The van der Waals surface area contributed by atoms with Crippen LogP contribution in [-0.2, 0) is 18.4 Å². The molecule has 0 aromatic heterocycles. The zero-order valence-corrected chi connectivity index (χ0v) is 45.9. The second-order valence-corrected chi connectivity index (χ2v) is 22.8. The Morgan fingerprint density at radius 3 is 1.20 bits per heavy atom. The molecule has 0 rings (SSSR count). The first-order valence-electron chi connectivity index (χ1n) is 29.1. The zero-order chi connectivity index (χ0) is 48.5. The topological polar surface area (TPSA) is 105 Å². The molecule has 0 heterocycles. The van der Waals surface area contributed by atoms with E-state index in [0.29, 0.717) is 23.9 Å². The predicted molar refractivity (Wildman–Crippen MR) is 286 cm³/mol. The van der Waals surface area contributed by atoms with Crippen LogP contribution in [0.25, 0.3) is 0 Å². The third-order valence-electron chi connectivity index (χ3n) is 13.5. The number of nitrogens with one attached hydrogen (secondary N) is 1. The number of allylic oxidation sites excluding steroid dienone is 2. The van der Waals surface area contributed by atoms with Gasteiger partial charge in [0.2, 0.25) is 5.91 Å². The van der Waals surface area contributed by atoms with Crippen molar-refractivity contribution in [3.05, 3.63) is 12.2 Å². The number of amides is 1. The zero-order valence-electron chi connectivity index (χ0n) is 45.0. The van der Waals surface area contributed by atoms with Gasteiger partial charge in [-0.15, -0.1) is 0 Å². The van der Waals surface area contributed by atoms with Gasteiger partial charge in [0.25, 0.3) is 0 Å². The molecule has 3 N–H and O–H groups in total. The van der Waals surface area contributed by atoms with Crippen molar-refractivity contribution in [1.82, 2.24) is 5.32 Å². The lowest BCUT2D eigenvalue weighted by Crippen LogP contribution is -2.46. The molecule has 0 radical (unpaired) electrons. The Labute approximate surface area is 412 Å². The van der Waals surface area contributed by atoms with Gasteiger partial charge in [-0.1, -0.05) is 264 Å². The molecule has 66 heavy (non-hydrogen) atoms. The lowest BCUT2D eigenvalue weighted by molar-refractivity contribution is -0.870. The SMILES string of the molecule is CCCCC/C=C\CCCCCCCC(=O)NC(COP(=O)(O)OCC[N+](C)(C)C)C(O)CCCCCCCCCCCCCCCCCCCCCCCCCCCCCCCCCC. The molecule has 0 aliphatic heterocycles. The molecule has 0 fully saturated rings. The number of carbonyl (C=O) groups is 1. The van der Waals surface area contributed by atoms with E-state index in [1.807, 2.05) is 21.1 Å². The fraction of sp³-hybridized carbons (Fsp3) is 0.947. The minimum Gasteiger partial charge on any atom is -0.391 e. The number of nitrogens with zero attached hydrogens (tertiary/aromatic N) is 1. The van der Waals surface area contributed by atoms with Gasteiger partial charge in [0.05, 0.1) is 39.9 Å². The summed E-state index contributed by atoms with van der Waals surface area (Å²) in [6, 6.07) is -0.762. The second-order valence-electron chi connectivity index (χ2n) is 21.4. The van der Waals surface area contributed by atoms with Gasteiger partial charge in [0.1, 0.15) is 13.2 Å². The van der Waals surface area contributed by atoms with Crippen molar-refractivity contribution >= 4 is 13.7 Å². The second kappa shape index (κ2) is 49.2. The molecule has 0 saturated heterocycles. The number of aliphatic hydroxyl groups excluding tert-OH is 1. The highest BCUT2D eigenvalue weighted by Crippen LogP contribution is 2.43. The highest BCUT2D eigenvalue weighted by Gasteiger charge is 2.28. The summed E-state index contributed by atoms with van der Waals surface area (Å²) in [7, 11) is 1.62. The fourth-order valence-corrected chi connectivity index (χ4v) is 9.66. The largest absolute Gasteiger partial charge is 0.472 e. The van der Waals surface area contributed by atoms with Gasteiger partial charge in [-0.3, -0.25) is 13.8 Å². The number of carbonyl (C=O) groups excluding carboxylic acids is 1. The summed E-state index contributed by atoms with van der Waals surface area (Å²) in [5.41, 5.74) is 0. The van der Waals surface area contributed by atoms with Gasteiger partial charge in [0.15, 0.2) is 0 Å². The lowest BCUT2D eigenvalue weighted by Gasteiger charge is -2.26. The van der Waals surface area contributed by atoms with Gasteiger partial charge >= 0.3 is 7.82 Å². The summed E-state index contributed by atoms with van der Waals surface area (Å²) in [6.07, 6.45) is 60.1. The Hall–Kier alpha value is -0.760. The van der Waals surface area contributed by atoms with E-state index in [2.05, 4.69) is 31.3 Å². The average Bonchev–Trinajstić information content (AvgIpc) is 3.28. The highest BCUT2D eigenvalue weighted by atomic mass is 31.2. The minimum absolute atomic E-state index is 0.0752. The molecule has 0 spiro atoms. The van der Waals surface area contributed by atoms with Crippen LogP contribution >= 0.6 is 7.82 Å². The monoisotopic (exact) mass is 956 g/mol. The molecule has 0 saturated carbocycles. The van der Waals surface area contributed by atoms with Crippen molar-refractivity contribution in [3.8, 4) is 0 Å². The van der Waals surface area contributed by atoms with Gasteiger partial charge in [-0.05, 0) is 38.5 Å². The molecule has 3 unspecified atom stereocenters. The quantitative estimate of drug-likeness (QED) is 0.0243. The fourth-order valence-electron chi connectivity index (χ4n) is 8.93. The first kappa shape index (κ1) is 65.2. The van der Waals surface area contributed by atoms with Gasteiger partial charge in [-0.2, -0.15) is 0 Å². The molecular formula is C57H116N2O6P+. The van der Waals surface area contributed by atoms with Gasteiger partial charge in [-0.25, -0.2) is 4.57 Å². The maximum absolute atomic E-state index is 12.9. The molecule has 0 aliphatic carbocycles. The van der Waals surface area contributed by atoms with Crippen LogP contribution in [0, 0.1) is 0 Å². The Bertz CT molecular complexity index is 1080. The summed E-state index contributed by atoms with van der Waals surface area (Å²) in [6.45, 7) is 4.89. The lowest BCUT2D eigenvalue weighted by atomic mass is 10.0. The number of unbranched alkanes of at least 4 members (excludes halogenated alkanes) is 39. The molecule has 0 bridgehead atoms. The molecule has 0 aromatic carbocycles. The molecule has 9 heteroatoms. The molecular weight excluding hydrogens is 840 g/mol. The summed E-state index contributed by atoms with van der Waals surface area (Å²) in [5.74, 6) is -0.151. The third-order valence-corrected chi connectivity index (χ3v) is 14.5. The molecule has 3 atom stereocenters. The van der Waals surface area contributed by atoms with E-state index in [0.717, 1.165) is 51.4 Å². The van der Waals surface area contributed by atoms with Gasteiger partial charge in [0, 0.05) is 6.42 Å². The van der Waals surface area contributed by atoms with Crippen LogP contribution in [0.5, 0.6) is 0 Å². The van der Waals surface area contributed by atoms with Crippen LogP contribution in [0.4, 0.5) is 0 Å². The number of quaternary nitrogens is 1. The normalized spacial score (nSPS) is 14.0. The number of rotatable bonds is 54. The summed E-state index contributed by atoms with van der Waals surface area (Å²) >= 11 is 0. The smallest absolute Gasteiger partial charge is 0.391 e. The van der Waals surface area contributed by atoms with Crippen molar-refractivity contribution in [1.29, 1.82) is 0 Å². The van der Waals surface area contributed by atoms with E-state index < -0.39 is 20.0 Å². The van der Waals surface area contributed by atoms with Crippen molar-refractivity contribution in [2.75, 3.05) is 40.9 Å². The number of phosphoric acid groups is 1. The van der Waals surface area contributed by atoms with E-state index in [1.165, 1.54) is 218 Å². The highest BCUT2D eigenvalue weighted by molar-refractivity contribution is 7.47. The number of hydrogen-bond acceptors (Lipinski definition) is 5. The van der Waals surface area contributed by atoms with Gasteiger partial charge < -0.3 is 19.8 Å². The molecule has 8 nitrogen and oxygen atoms in total. The van der Waals surface area contributed by atoms with Crippen molar-refractivity contribution in [2.45, 2.75) is 309 Å². The summed E-state index contributed by atoms with van der Waals surface area (Å²) in [4.78, 5) is 23.2. The number of hydrogen-bond donors (Lipinski definition) is 3. The van der Waals surface area contributed by atoms with E-state index in [1.54, 1.807) is 0 Å². The molecule has 0 aliphatic rings. The van der Waals surface area contributed by atoms with E-state index in [-0.39, 0.29) is 19.1 Å². The van der Waals surface area contributed by atoms with Crippen molar-refractivity contribution in [3.63, 3.8) is 0 Å².